The van der Waals surface area contributed by atoms with Crippen LogP contribution in [0, 0.1) is 6.92 Å². The number of pyridine rings is 1. The van der Waals surface area contributed by atoms with E-state index in [1.54, 1.807) is 6.26 Å². The lowest BCUT2D eigenvalue weighted by molar-refractivity contribution is 0.133. The number of aryl methyl sites for hydroxylation is 2. The molecule has 18 heavy (non-hydrogen) atoms. The van der Waals surface area contributed by atoms with E-state index in [2.05, 4.69) is 11.1 Å². The summed E-state index contributed by atoms with van der Waals surface area (Å²) >= 11 is 0. The highest BCUT2D eigenvalue weighted by molar-refractivity contribution is 5.29. The fraction of sp³-hybridized carbons (Fsp3) is 0.400. The third-order valence-corrected chi connectivity index (χ3v) is 3.71. The van der Waals surface area contributed by atoms with Crippen LogP contribution in [0.3, 0.4) is 0 Å². The quantitative estimate of drug-likeness (QED) is 0.881. The van der Waals surface area contributed by atoms with Gasteiger partial charge in [0.15, 0.2) is 0 Å². The lowest BCUT2D eigenvalue weighted by Crippen LogP contribution is -2.18. The Bertz CT molecular complexity index is 547. The molecule has 0 fully saturated rings. The van der Waals surface area contributed by atoms with Gasteiger partial charge in [0.25, 0.3) is 0 Å². The van der Waals surface area contributed by atoms with Gasteiger partial charge in [-0.3, -0.25) is 4.98 Å². The van der Waals surface area contributed by atoms with Crippen LogP contribution in [0.5, 0.6) is 0 Å². The topological polar surface area (TPSA) is 46.3 Å². The molecule has 0 bridgehead atoms. The van der Waals surface area contributed by atoms with E-state index in [-0.39, 0.29) is 5.92 Å². The number of aliphatic hydroxyl groups is 1. The summed E-state index contributed by atoms with van der Waals surface area (Å²) in [5.74, 6) is 0.924. The van der Waals surface area contributed by atoms with Gasteiger partial charge in [0, 0.05) is 23.4 Å². The van der Waals surface area contributed by atoms with E-state index in [0.29, 0.717) is 0 Å². The number of fused-ring (bicyclic) bond motifs is 1. The summed E-state index contributed by atoms with van der Waals surface area (Å²) in [5.41, 5.74) is 3.18. The maximum Gasteiger partial charge on any atom is 0.101 e. The molecule has 3 nitrogen and oxygen atoms in total. The Hall–Kier alpha value is -1.61. The average Bonchev–Trinajstić information content (AvgIpc) is 2.84. The van der Waals surface area contributed by atoms with Crippen LogP contribution in [0.25, 0.3) is 0 Å². The zero-order chi connectivity index (χ0) is 12.5. The first-order chi connectivity index (χ1) is 8.75. The molecule has 2 aromatic rings. The molecule has 1 aliphatic rings. The van der Waals surface area contributed by atoms with Gasteiger partial charge in [-0.2, -0.15) is 0 Å². The van der Waals surface area contributed by atoms with Gasteiger partial charge in [-0.05, 0) is 43.9 Å². The molecule has 0 spiro atoms. The Morgan fingerprint density at radius 1 is 1.50 bits per heavy atom. The third kappa shape index (κ3) is 1.95. The highest BCUT2D eigenvalue weighted by atomic mass is 16.3. The normalized spacial score (nSPS) is 20.4. The Kier molecular flexibility index (Phi) is 2.92. The van der Waals surface area contributed by atoms with Crippen molar-refractivity contribution in [3.05, 3.63) is 53.2 Å². The van der Waals surface area contributed by atoms with E-state index in [1.165, 1.54) is 5.56 Å². The number of nitrogens with zero attached hydrogens (tertiary/aromatic N) is 1. The lowest BCUT2D eigenvalue weighted by atomic mass is 9.81. The van der Waals surface area contributed by atoms with Crippen LogP contribution >= 0.6 is 0 Å². The summed E-state index contributed by atoms with van der Waals surface area (Å²) in [5, 5.41) is 10.5. The highest BCUT2D eigenvalue weighted by Crippen LogP contribution is 2.39. The molecule has 0 radical (unpaired) electrons. The molecule has 3 rings (SSSR count). The van der Waals surface area contributed by atoms with Gasteiger partial charge in [-0.25, -0.2) is 0 Å². The summed E-state index contributed by atoms with van der Waals surface area (Å²) in [7, 11) is 0. The lowest BCUT2D eigenvalue weighted by Gasteiger charge is -2.27. The highest BCUT2D eigenvalue weighted by Gasteiger charge is 2.29. The number of aliphatic hydroxyl groups excluding tert-OH is 1. The smallest absolute Gasteiger partial charge is 0.101 e. The predicted octanol–water partition coefficient (Wildman–Crippen LogP) is 3.14. The van der Waals surface area contributed by atoms with Crippen LogP contribution in [0.2, 0.25) is 0 Å². The molecule has 0 aliphatic heterocycles. The Morgan fingerprint density at radius 3 is 3.17 bits per heavy atom. The van der Waals surface area contributed by atoms with Gasteiger partial charge < -0.3 is 9.52 Å². The first-order valence-electron chi connectivity index (χ1n) is 6.42. The van der Waals surface area contributed by atoms with E-state index < -0.39 is 6.10 Å². The van der Waals surface area contributed by atoms with Crippen molar-refractivity contribution in [1.82, 2.24) is 4.98 Å². The summed E-state index contributed by atoms with van der Waals surface area (Å²) in [4.78, 5) is 4.46. The minimum Gasteiger partial charge on any atom is -0.469 e. The molecular weight excluding hydrogens is 226 g/mol. The zero-order valence-corrected chi connectivity index (χ0v) is 10.5. The molecule has 0 saturated carbocycles. The standard InChI is InChI=1S/C15H17NO2/c1-10-8-12(9-18-10)15(17)13-6-2-4-11-5-3-7-16-14(11)13/h3,5,7-9,13,15,17H,2,4,6H2,1H3. The molecule has 2 aromatic heterocycles. The monoisotopic (exact) mass is 243 g/mol. The minimum atomic E-state index is -0.517. The number of rotatable bonds is 2. The van der Waals surface area contributed by atoms with Crippen molar-refractivity contribution in [2.24, 2.45) is 0 Å². The molecule has 0 amide bonds. The van der Waals surface area contributed by atoms with Crippen molar-refractivity contribution in [1.29, 1.82) is 0 Å². The molecule has 94 valence electrons. The van der Waals surface area contributed by atoms with Crippen molar-refractivity contribution in [3.8, 4) is 0 Å². The molecule has 0 saturated heterocycles. The summed E-state index contributed by atoms with van der Waals surface area (Å²) in [6, 6.07) is 5.99. The van der Waals surface area contributed by atoms with Crippen LogP contribution in [0.1, 0.15) is 47.4 Å². The van der Waals surface area contributed by atoms with Crippen molar-refractivity contribution in [2.75, 3.05) is 0 Å². The average molecular weight is 243 g/mol. The third-order valence-electron chi connectivity index (χ3n) is 3.71. The Morgan fingerprint density at radius 2 is 2.39 bits per heavy atom. The van der Waals surface area contributed by atoms with Crippen molar-refractivity contribution < 1.29 is 9.52 Å². The fourth-order valence-corrected chi connectivity index (χ4v) is 2.80. The van der Waals surface area contributed by atoms with Crippen LogP contribution in [0.4, 0.5) is 0 Å². The first-order valence-corrected chi connectivity index (χ1v) is 6.42. The van der Waals surface area contributed by atoms with Crippen LogP contribution < -0.4 is 0 Å². The number of hydrogen-bond acceptors (Lipinski definition) is 3. The van der Waals surface area contributed by atoms with Crippen LogP contribution in [-0.4, -0.2) is 10.1 Å². The molecule has 2 unspecified atom stereocenters. The molecule has 2 heterocycles. The number of furan rings is 1. The first kappa shape index (κ1) is 11.5. The van der Waals surface area contributed by atoms with Gasteiger partial charge in [-0.1, -0.05) is 6.07 Å². The van der Waals surface area contributed by atoms with Crippen molar-refractivity contribution in [2.45, 2.75) is 38.2 Å². The molecule has 2 atom stereocenters. The molecule has 1 N–H and O–H groups in total. The second-order valence-electron chi connectivity index (χ2n) is 4.98. The van der Waals surface area contributed by atoms with Gasteiger partial charge in [0.1, 0.15) is 5.76 Å². The Labute approximate surface area is 106 Å². The zero-order valence-electron chi connectivity index (χ0n) is 10.5. The van der Waals surface area contributed by atoms with Gasteiger partial charge >= 0.3 is 0 Å². The second-order valence-corrected chi connectivity index (χ2v) is 4.98. The molecule has 0 aromatic carbocycles. The fourth-order valence-electron chi connectivity index (χ4n) is 2.80. The number of hydrogen-bond donors (Lipinski definition) is 1. The van der Waals surface area contributed by atoms with Gasteiger partial charge in [0.05, 0.1) is 12.4 Å². The van der Waals surface area contributed by atoms with Crippen molar-refractivity contribution in [3.63, 3.8) is 0 Å². The van der Waals surface area contributed by atoms with Gasteiger partial charge in [-0.15, -0.1) is 0 Å². The number of aromatic nitrogens is 1. The van der Waals surface area contributed by atoms with E-state index >= 15 is 0 Å². The maximum atomic E-state index is 10.5. The van der Waals surface area contributed by atoms with E-state index in [4.69, 9.17) is 4.42 Å². The Balaban J connectivity index is 1.94. The van der Waals surface area contributed by atoms with E-state index in [9.17, 15) is 5.11 Å². The van der Waals surface area contributed by atoms with Crippen molar-refractivity contribution >= 4 is 0 Å². The second kappa shape index (κ2) is 4.58. The summed E-state index contributed by atoms with van der Waals surface area (Å²) in [6.07, 6.45) is 6.10. The van der Waals surface area contributed by atoms with E-state index in [0.717, 1.165) is 36.3 Å². The minimum absolute atomic E-state index is 0.0898. The molecule has 3 heteroatoms. The largest absolute Gasteiger partial charge is 0.469 e. The molecule has 1 aliphatic carbocycles. The summed E-state index contributed by atoms with van der Waals surface area (Å²) < 4.78 is 5.28. The van der Waals surface area contributed by atoms with Gasteiger partial charge in [0.2, 0.25) is 0 Å². The van der Waals surface area contributed by atoms with E-state index in [1.807, 2.05) is 25.3 Å². The molecular formula is C15H17NO2. The van der Waals surface area contributed by atoms with Crippen LogP contribution in [0.15, 0.2) is 35.1 Å². The predicted molar refractivity (Wildman–Crippen MR) is 68.3 cm³/mol. The maximum absolute atomic E-state index is 10.5. The van der Waals surface area contributed by atoms with Crippen LogP contribution in [-0.2, 0) is 6.42 Å². The summed E-state index contributed by atoms with van der Waals surface area (Å²) in [6.45, 7) is 1.89. The SMILES string of the molecule is Cc1cc(C(O)C2CCCc3cccnc32)co1.